The number of imidazole rings is 1. The number of nitriles is 1. The fourth-order valence-electron chi connectivity index (χ4n) is 4.40. The molecule has 174 valence electrons. The second-order valence-electron chi connectivity index (χ2n) is 8.50. The number of aryl methyl sites for hydroxylation is 2. The molecule has 1 N–H and O–H groups in total. The Morgan fingerprint density at radius 2 is 2.11 bits per heavy atom. The lowest BCUT2D eigenvalue weighted by Crippen LogP contribution is -2.11. The van der Waals surface area contributed by atoms with Crippen molar-refractivity contribution in [3.8, 4) is 17.7 Å². The Bertz CT molecular complexity index is 1580. The van der Waals surface area contributed by atoms with Gasteiger partial charge in [-0.05, 0) is 56.2 Å². The van der Waals surface area contributed by atoms with Gasteiger partial charge in [0.2, 0.25) is 0 Å². The summed E-state index contributed by atoms with van der Waals surface area (Å²) in [5.41, 5.74) is 4.73. The molecule has 35 heavy (non-hydrogen) atoms. The van der Waals surface area contributed by atoms with Crippen LogP contribution in [0.15, 0.2) is 48.9 Å². The van der Waals surface area contributed by atoms with Crippen LogP contribution in [0.1, 0.15) is 35.9 Å². The fraction of sp³-hybridized carbons (Fsp3) is 0.250. The van der Waals surface area contributed by atoms with Gasteiger partial charge in [-0.15, -0.1) is 5.10 Å². The van der Waals surface area contributed by atoms with Crippen molar-refractivity contribution in [1.29, 1.82) is 5.26 Å². The highest BCUT2D eigenvalue weighted by atomic mass is 16.5. The van der Waals surface area contributed by atoms with E-state index < -0.39 is 0 Å². The highest BCUT2D eigenvalue weighted by Gasteiger charge is 2.24. The summed E-state index contributed by atoms with van der Waals surface area (Å²) in [6.07, 6.45) is 5.44. The molecule has 1 unspecified atom stereocenters. The Morgan fingerprint density at radius 3 is 2.86 bits per heavy atom. The average molecular weight is 467 g/mol. The van der Waals surface area contributed by atoms with Gasteiger partial charge in [0.1, 0.15) is 18.2 Å². The van der Waals surface area contributed by atoms with Gasteiger partial charge in [0.15, 0.2) is 17.3 Å². The number of hydrogen-bond donors (Lipinski definition) is 1. The van der Waals surface area contributed by atoms with Crippen LogP contribution in [-0.2, 0) is 11.8 Å². The molecule has 0 spiro atoms. The third-order valence-electron chi connectivity index (χ3n) is 6.04. The number of hydrogen-bond acceptors (Lipinski definition) is 8. The topological polar surface area (TPSA) is 124 Å². The summed E-state index contributed by atoms with van der Waals surface area (Å²) in [5, 5.41) is 25.1. The summed E-state index contributed by atoms with van der Waals surface area (Å²) in [6, 6.07) is 13.8. The second-order valence-corrected chi connectivity index (χ2v) is 8.50. The number of pyridine rings is 1. The quantitative estimate of drug-likeness (QED) is 0.417. The molecule has 5 heterocycles. The van der Waals surface area contributed by atoms with E-state index in [1.54, 1.807) is 28.0 Å². The summed E-state index contributed by atoms with van der Waals surface area (Å²) >= 11 is 0. The van der Waals surface area contributed by atoms with Crippen LogP contribution in [0.4, 0.5) is 11.5 Å². The highest BCUT2D eigenvalue weighted by Crippen LogP contribution is 2.33. The van der Waals surface area contributed by atoms with Crippen LogP contribution in [0.5, 0.6) is 0 Å². The van der Waals surface area contributed by atoms with E-state index in [-0.39, 0.29) is 6.10 Å². The maximum absolute atomic E-state index is 9.35. The molecule has 1 fully saturated rings. The Hall–Kier alpha value is -4.56. The summed E-state index contributed by atoms with van der Waals surface area (Å²) in [5.74, 6) is 2.03. The van der Waals surface area contributed by atoms with E-state index in [1.807, 2.05) is 48.9 Å². The fourth-order valence-corrected chi connectivity index (χ4v) is 4.40. The maximum atomic E-state index is 9.35. The SMILES string of the molecule is Cc1cc(C#N)nn1-c1nc(-n2cnc3cc(Nc4cn(C)nn4)ccc32)ccc1C1CCCO1. The number of anilines is 2. The molecule has 4 aromatic heterocycles. The van der Waals surface area contributed by atoms with Crippen LogP contribution in [0.3, 0.4) is 0 Å². The van der Waals surface area contributed by atoms with Crippen LogP contribution in [-0.4, -0.2) is 45.9 Å². The molecule has 0 amide bonds. The Morgan fingerprint density at radius 1 is 1.20 bits per heavy atom. The molecule has 1 aromatic carbocycles. The lowest BCUT2D eigenvalue weighted by Gasteiger charge is -2.17. The predicted molar refractivity (Wildman–Crippen MR) is 128 cm³/mol. The zero-order valence-corrected chi connectivity index (χ0v) is 19.3. The molecule has 1 saturated heterocycles. The summed E-state index contributed by atoms with van der Waals surface area (Å²) in [6.45, 7) is 2.64. The first-order chi connectivity index (χ1) is 17.1. The molecule has 1 aliphatic rings. The molecule has 0 bridgehead atoms. The number of aromatic nitrogens is 8. The molecule has 1 atom stereocenters. The van der Waals surface area contributed by atoms with Gasteiger partial charge in [0.05, 0.1) is 23.3 Å². The Kier molecular flexibility index (Phi) is 5.00. The van der Waals surface area contributed by atoms with Gasteiger partial charge in [-0.1, -0.05) is 5.21 Å². The van der Waals surface area contributed by atoms with E-state index in [0.29, 0.717) is 23.1 Å². The second kappa shape index (κ2) is 8.34. The first-order valence-corrected chi connectivity index (χ1v) is 11.3. The molecule has 5 aromatic rings. The Labute approximate surface area is 200 Å². The van der Waals surface area contributed by atoms with Gasteiger partial charge in [0, 0.05) is 30.6 Å². The van der Waals surface area contributed by atoms with E-state index in [2.05, 4.69) is 31.8 Å². The van der Waals surface area contributed by atoms with Gasteiger partial charge < -0.3 is 10.1 Å². The van der Waals surface area contributed by atoms with Crippen molar-refractivity contribution in [3.63, 3.8) is 0 Å². The van der Waals surface area contributed by atoms with Crippen molar-refractivity contribution in [2.24, 2.45) is 7.05 Å². The van der Waals surface area contributed by atoms with Gasteiger partial charge in [-0.2, -0.15) is 10.4 Å². The lowest BCUT2D eigenvalue weighted by molar-refractivity contribution is 0.111. The van der Waals surface area contributed by atoms with Crippen LogP contribution >= 0.6 is 0 Å². The van der Waals surface area contributed by atoms with Crippen molar-refractivity contribution in [2.75, 3.05) is 11.9 Å². The van der Waals surface area contributed by atoms with Gasteiger partial charge in [-0.25, -0.2) is 14.6 Å². The molecule has 0 aliphatic carbocycles. The molecular formula is C24H22N10O. The van der Waals surface area contributed by atoms with Crippen molar-refractivity contribution >= 4 is 22.5 Å². The molecule has 11 nitrogen and oxygen atoms in total. The van der Waals surface area contributed by atoms with Crippen molar-refractivity contribution in [2.45, 2.75) is 25.9 Å². The van der Waals surface area contributed by atoms with Crippen LogP contribution in [0.2, 0.25) is 0 Å². The third kappa shape index (κ3) is 3.79. The highest BCUT2D eigenvalue weighted by molar-refractivity contribution is 5.82. The molecule has 11 heteroatoms. The van der Waals surface area contributed by atoms with E-state index in [9.17, 15) is 5.26 Å². The molecule has 6 rings (SSSR count). The molecule has 1 aliphatic heterocycles. The summed E-state index contributed by atoms with van der Waals surface area (Å²) in [4.78, 5) is 9.57. The standard InChI is InChI=1S/C24H22N10O/c1-15-10-17(12-25)30-34(15)24-18(21-4-3-9-35-21)6-8-23(28-24)33-14-26-19-11-16(5-7-20(19)33)27-22-13-32(2)31-29-22/h5-8,10-11,13-14,21,27H,3-4,9H2,1-2H3. The number of benzene rings is 1. The zero-order valence-electron chi connectivity index (χ0n) is 19.3. The normalized spacial score (nSPS) is 15.5. The lowest BCUT2D eigenvalue weighted by atomic mass is 10.1. The van der Waals surface area contributed by atoms with Crippen LogP contribution in [0.25, 0.3) is 22.7 Å². The maximum Gasteiger partial charge on any atom is 0.172 e. The minimum absolute atomic E-state index is 0.0464. The molecule has 0 saturated carbocycles. The average Bonchev–Trinajstić information content (AvgIpc) is 3.66. The van der Waals surface area contributed by atoms with E-state index in [0.717, 1.165) is 47.4 Å². The van der Waals surface area contributed by atoms with E-state index in [4.69, 9.17) is 9.72 Å². The third-order valence-corrected chi connectivity index (χ3v) is 6.04. The molecule has 0 radical (unpaired) electrons. The van der Waals surface area contributed by atoms with Crippen molar-refractivity contribution in [3.05, 3.63) is 65.9 Å². The minimum atomic E-state index is -0.0464. The van der Waals surface area contributed by atoms with E-state index in [1.165, 1.54) is 0 Å². The summed E-state index contributed by atoms with van der Waals surface area (Å²) in [7, 11) is 1.82. The van der Waals surface area contributed by atoms with E-state index >= 15 is 0 Å². The number of nitrogens with zero attached hydrogens (tertiary/aromatic N) is 9. The van der Waals surface area contributed by atoms with Crippen molar-refractivity contribution < 1.29 is 4.74 Å². The first-order valence-electron chi connectivity index (χ1n) is 11.3. The van der Waals surface area contributed by atoms with Gasteiger partial charge in [-0.3, -0.25) is 9.25 Å². The minimum Gasteiger partial charge on any atom is -0.373 e. The predicted octanol–water partition coefficient (Wildman–Crippen LogP) is 3.51. The monoisotopic (exact) mass is 466 g/mol. The van der Waals surface area contributed by atoms with Crippen molar-refractivity contribution in [1.82, 2.24) is 39.3 Å². The number of fused-ring (bicyclic) bond motifs is 1. The summed E-state index contributed by atoms with van der Waals surface area (Å²) < 4.78 is 11.3. The number of rotatable bonds is 5. The van der Waals surface area contributed by atoms with Gasteiger partial charge >= 0.3 is 0 Å². The van der Waals surface area contributed by atoms with Crippen LogP contribution < -0.4 is 5.32 Å². The number of nitrogens with one attached hydrogen (secondary N) is 1. The van der Waals surface area contributed by atoms with Gasteiger partial charge in [0.25, 0.3) is 0 Å². The number of ether oxygens (including phenoxy) is 1. The first kappa shape index (κ1) is 21.0. The van der Waals surface area contributed by atoms with Crippen LogP contribution in [0, 0.1) is 18.3 Å². The largest absolute Gasteiger partial charge is 0.373 e. The zero-order chi connectivity index (χ0) is 23.9. The smallest absolute Gasteiger partial charge is 0.172 e. The Balaban J connectivity index is 1.41. The molecular weight excluding hydrogens is 444 g/mol.